The van der Waals surface area contributed by atoms with Crippen LogP contribution in [0.3, 0.4) is 0 Å². The van der Waals surface area contributed by atoms with Crippen molar-refractivity contribution in [3.05, 3.63) is 90.5 Å². The Labute approximate surface area is 178 Å². The van der Waals surface area contributed by atoms with Crippen molar-refractivity contribution >= 4 is 11.9 Å². The molecule has 2 aromatic heterocycles. The quantitative estimate of drug-likeness (QED) is 0.447. The van der Waals surface area contributed by atoms with Crippen molar-refractivity contribution in [2.45, 2.75) is 19.6 Å². The van der Waals surface area contributed by atoms with Crippen LogP contribution in [0.25, 0.3) is 22.8 Å². The van der Waals surface area contributed by atoms with Gasteiger partial charge in [0.05, 0.1) is 30.1 Å². The number of aromatic nitrogens is 1. The Kier molecular flexibility index (Phi) is 5.93. The van der Waals surface area contributed by atoms with Crippen LogP contribution in [-0.2, 0) is 16.1 Å². The number of hydrogen-bond acceptors (Lipinski definition) is 6. The third-order valence-corrected chi connectivity index (χ3v) is 4.61. The molecular weight excluding hydrogens is 396 g/mol. The van der Waals surface area contributed by atoms with E-state index in [1.54, 1.807) is 42.6 Å². The number of rotatable bonds is 7. The van der Waals surface area contributed by atoms with Gasteiger partial charge in [0, 0.05) is 5.56 Å². The molecule has 0 aliphatic carbocycles. The summed E-state index contributed by atoms with van der Waals surface area (Å²) in [6, 6.07) is 19.8. The number of amides is 1. The first-order chi connectivity index (χ1) is 15.1. The van der Waals surface area contributed by atoms with Gasteiger partial charge in [-0.15, -0.1) is 0 Å². The summed E-state index contributed by atoms with van der Waals surface area (Å²) >= 11 is 0. The fourth-order valence-corrected chi connectivity index (χ4v) is 2.99. The van der Waals surface area contributed by atoms with Gasteiger partial charge in [-0.1, -0.05) is 42.5 Å². The highest BCUT2D eigenvalue weighted by molar-refractivity contribution is 5.97. The number of hydrogen-bond donors (Lipinski definition) is 1. The Morgan fingerprint density at radius 1 is 1.03 bits per heavy atom. The molecule has 4 rings (SSSR count). The van der Waals surface area contributed by atoms with Crippen molar-refractivity contribution in [2.75, 3.05) is 0 Å². The lowest BCUT2D eigenvalue weighted by atomic mass is 10.1. The maximum Gasteiger partial charge on any atom is 0.339 e. The standard InChI is InChI=1S/C24H20N2O5/c1-16(22(27)25-14-18-10-7-13-29-18)30-24(28)20-12-6-5-11-19(20)23-26-15-21(31-23)17-8-3-2-4-9-17/h2-13,15-16H,14H2,1H3,(H,25,27)/t16-/m0/s1. The zero-order chi connectivity index (χ0) is 21.6. The van der Waals surface area contributed by atoms with Crippen LogP contribution in [0.1, 0.15) is 23.0 Å². The molecule has 0 spiro atoms. The second kappa shape index (κ2) is 9.13. The van der Waals surface area contributed by atoms with Crippen LogP contribution in [0, 0.1) is 0 Å². The van der Waals surface area contributed by atoms with Crippen molar-refractivity contribution in [1.82, 2.24) is 10.3 Å². The summed E-state index contributed by atoms with van der Waals surface area (Å²) in [5, 5.41) is 2.67. The molecule has 0 aliphatic rings. The molecule has 0 fully saturated rings. The summed E-state index contributed by atoms with van der Waals surface area (Å²) < 4.78 is 16.4. The molecule has 31 heavy (non-hydrogen) atoms. The summed E-state index contributed by atoms with van der Waals surface area (Å²) in [6.07, 6.45) is 2.14. The Morgan fingerprint density at radius 2 is 1.81 bits per heavy atom. The largest absolute Gasteiger partial charge is 0.467 e. The van der Waals surface area contributed by atoms with Gasteiger partial charge in [-0.05, 0) is 31.2 Å². The van der Waals surface area contributed by atoms with E-state index in [1.165, 1.54) is 13.2 Å². The molecule has 2 aromatic carbocycles. The van der Waals surface area contributed by atoms with Gasteiger partial charge >= 0.3 is 5.97 Å². The van der Waals surface area contributed by atoms with Crippen molar-refractivity contribution in [2.24, 2.45) is 0 Å². The minimum absolute atomic E-state index is 0.211. The Morgan fingerprint density at radius 3 is 2.58 bits per heavy atom. The number of carbonyl (C=O) groups excluding carboxylic acids is 2. The first-order valence-corrected chi connectivity index (χ1v) is 9.73. The highest BCUT2D eigenvalue weighted by Crippen LogP contribution is 2.28. The molecule has 0 aliphatic heterocycles. The Bertz CT molecular complexity index is 1170. The summed E-state index contributed by atoms with van der Waals surface area (Å²) in [5.74, 6) is 0.418. The molecule has 0 saturated carbocycles. The van der Waals surface area contributed by atoms with Gasteiger partial charge in [-0.2, -0.15) is 0 Å². The van der Waals surface area contributed by atoms with Gasteiger partial charge in [0.25, 0.3) is 5.91 Å². The number of esters is 1. The maximum absolute atomic E-state index is 12.8. The molecule has 2 heterocycles. The number of oxazole rings is 1. The fourth-order valence-electron chi connectivity index (χ4n) is 2.99. The smallest absolute Gasteiger partial charge is 0.339 e. The second-order valence-corrected chi connectivity index (χ2v) is 6.79. The van der Waals surface area contributed by atoms with Gasteiger partial charge < -0.3 is 18.9 Å². The van der Waals surface area contributed by atoms with Gasteiger partial charge in [0.2, 0.25) is 5.89 Å². The predicted octanol–water partition coefficient (Wildman–Crippen LogP) is 4.46. The fraction of sp³-hybridized carbons (Fsp3) is 0.125. The van der Waals surface area contributed by atoms with Gasteiger partial charge in [0.1, 0.15) is 5.76 Å². The monoisotopic (exact) mass is 416 g/mol. The highest BCUT2D eigenvalue weighted by atomic mass is 16.5. The van der Waals surface area contributed by atoms with Crippen LogP contribution in [0.4, 0.5) is 0 Å². The third-order valence-electron chi connectivity index (χ3n) is 4.61. The van der Waals surface area contributed by atoms with E-state index in [1.807, 2.05) is 30.3 Å². The lowest BCUT2D eigenvalue weighted by molar-refractivity contribution is -0.129. The van der Waals surface area contributed by atoms with E-state index in [9.17, 15) is 9.59 Å². The Hall–Kier alpha value is -4.13. The van der Waals surface area contributed by atoms with Crippen molar-refractivity contribution < 1.29 is 23.2 Å². The number of benzene rings is 2. The first kappa shape index (κ1) is 20.2. The van der Waals surface area contributed by atoms with Crippen LogP contribution in [-0.4, -0.2) is 23.0 Å². The number of nitrogens with one attached hydrogen (secondary N) is 1. The second-order valence-electron chi connectivity index (χ2n) is 6.79. The molecule has 7 nitrogen and oxygen atoms in total. The molecular formula is C24H20N2O5. The average Bonchev–Trinajstić information content (AvgIpc) is 3.50. The SMILES string of the molecule is C[C@H](OC(=O)c1ccccc1-c1ncc(-c2ccccc2)o1)C(=O)NCc1ccco1. The zero-order valence-corrected chi connectivity index (χ0v) is 16.8. The molecule has 156 valence electrons. The molecule has 1 amide bonds. The molecule has 0 radical (unpaired) electrons. The van der Waals surface area contributed by atoms with Crippen LogP contribution in [0.5, 0.6) is 0 Å². The van der Waals surface area contributed by atoms with Crippen LogP contribution < -0.4 is 5.32 Å². The topological polar surface area (TPSA) is 94.6 Å². The minimum atomic E-state index is -0.986. The maximum atomic E-state index is 12.8. The molecule has 1 atom stereocenters. The number of nitrogens with zero attached hydrogens (tertiary/aromatic N) is 1. The van der Waals surface area contributed by atoms with E-state index >= 15 is 0 Å². The number of carbonyl (C=O) groups is 2. The van der Waals surface area contributed by atoms with Crippen LogP contribution in [0.15, 0.2) is 88.0 Å². The molecule has 1 N–H and O–H groups in total. The normalized spacial score (nSPS) is 11.6. The van der Waals surface area contributed by atoms with E-state index in [0.717, 1.165) is 5.56 Å². The lowest BCUT2D eigenvalue weighted by Gasteiger charge is -2.14. The van der Waals surface area contributed by atoms with Gasteiger partial charge in [-0.25, -0.2) is 9.78 Å². The van der Waals surface area contributed by atoms with Gasteiger partial charge in [-0.3, -0.25) is 4.79 Å². The summed E-state index contributed by atoms with van der Waals surface area (Å²) in [4.78, 5) is 29.3. The van der Waals surface area contributed by atoms with E-state index in [2.05, 4.69) is 10.3 Å². The third kappa shape index (κ3) is 4.72. The van der Waals surface area contributed by atoms with Crippen molar-refractivity contribution in [3.63, 3.8) is 0 Å². The van der Waals surface area contributed by atoms with E-state index < -0.39 is 18.0 Å². The van der Waals surface area contributed by atoms with E-state index in [4.69, 9.17) is 13.6 Å². The number of ether oxygens (including phenoxy) is 1. The Balaban J connectivity index is 1.47. The van der Waals surface area contributed by atoms with Gasteiger partial charge in [0.15, 0.2) is 11.9 Å². The zero-order valence-electron chi connectivity index (χ0n) is 16.8. The van der Waals surface area contributed by atoms with Crippen LogP contribution in [0.2, 0.25) is 0 Å². The lowest BCUT2D eigenvalue weighted by Crippen LogP contribution is -2.35. The predicted molar refractivity (Wildman–Crippen MR) is 113 cm³/mol. The summed E-state index contributed by atoms with van der Waals surface area (Å²) in [7, 11) is 0. The van der Waals surface area contributed by atoms with Crippen molar-refractivity contribution in [3.8, 4) is 22.8 Å². The summed E-state index contributed by atoms with van der Waals surface area (Å²) in [6.45, 7) is 1.72. The molecule has 0 saturated heterocycles. The van der Waals surface area contributed by atoms with E-state index in [0.29, 0.717) is 23.0 Å². The molecule has 0 unspecified atom stereocenters. The first-order valence-electron chi connectivity index (χ1n) is 9.73. The molecule has 0 bridgehead atoms. The van der Waals surface area contributed by atoms with Crippen molar-refractivity contribution in [1.29, 1.82) is 0 Å². The molecule has 7 heteroatoms. The van der Waals surface area contributed by atoms with E-state index in [-0.39, 0.29) is 12.1 Å². The molecule has 4 aromatic rings. The minimum Gasteiger partial charge on any atom is -0.467 e. The number of furan rings is 1. The summed E-state index contributed by atoms with van der Waals surface area (Å²) in [5.41, 5.74) is 1.62. The average molecular weight is 416 g/mol. The van der Waals surface area contributed by atoms with Crippen LogP contribution >= 0.6 is 0 Å². The highest BCUT2D eigenvalue weighted by Gasteiger charge is 2.23.